The second-order valence-corrected chi connectivity index (χ2v) is 7.04. The highest BCUT2D eigenvalue weighted by atomic mass is 35.5. The number of carbonyl (C=O) groups excluding carboxylic acids is 1. The summed E-state index contributed by atoms with van der Waals surface area (Å²) in [5.41, 5.74) is 3.33. The molecule has 1 aliphatic heterocycles. The Labute approximate surface area is 163 Å². The van der Waals surface area contributed by atoms with Crippen molar-refractivity contribution in [2.75, 3.05) is 31.1 Å². The molecule has 0 N–H and O–H groups in total. The molecule has 2 aromatic carbocycles. The average Bonchev–Trinajstić information content (AvgIpc) is 3.10. The first-order valence-electron chi connectivity index (χ1n) is 9.02. The first kappa shape index (κ1) is 17.6. The van der Waals surface area contributed by atoms with E-state index >= 15 is 0 Å². The van der Waals surface area contributed by atoms with E-state index in [1.807, 2.05) is 53.4 Å². The second-order valence-electron chi connectivity index (χ2n) is 6.63. The van der Waals surface area contributed by atoms with Crippen LogP contribution in [0.25, 0.3) is 11.3 Å². The number of rotatable bonds is 3. The third-order valence-corrected chi connectivity index (χ3v) is 5.27. The maximum atomic E-state index is 13.0. The number of piperazine rings is 1. The number of hydrogen-bond donors (Lipinski definition) is 0. The summed E-state index contributed by atoms with van der Waals surface area (Å²) in [6, 6.07) is 19.7. The van der Waals surface area contributed by atoms with Crippen LogP contribution in [0.2, 0.25) is 5.02 Å². The van der Waals surface area contributed by atoms with Gasteiger partial charge in [-0.15, -0.1) is 0 Å². The summed E-state index contributed by atoms with van der Waals surface area (Å²) >= 11 is 6.27. The van der Waals surface area contributed by atoms with Gasteiger partial charge in [0.25, 0.3) is 5.91 Å². The van der Waals surface area contributed by atoms with Crippen LogP contribution >= 0.6 is 11.6 Å². The van der Waals surface area contributed by atoms with Gasteiger partial charge in [0.15, 0.2) is 0 Å². The number of carbonyl (C=O) groups is 1. The quantitative estimate of drug-likeness (QED) is 0.695. The van der Waals surface area contributed by atoms with E-state index in [0.29, 0.717) is 23.8 Å². The summed E-state index contributed by atoms with van der Waals surface area (Å²) in [5.74, 6) is 0.0102. The maximum Gasteiger partial charge on any atom is 0.272 e. The normalized spacial score (nSPS) is 14.4. The molecule has 1 aliphatic rings. The summed E-state index contributed by atoms with van der Waals surface area (Å²) < 4.78 is 1.64. The van der Waals surface area contributed by atoms with Crippen LogP contribution in [0.4, 0.5) is 5.69 Å². The van der Waals surface area contributed by atoms with Crippen LogP contribution in [0, 0.1) is 0 Å². The van der Waals surface area contributed by atoms with Crippen LogP contribution in [0.1, 0.15) is 10.5 Å². The number of nitrogens with zero attached hydrogens (tertiary/aromatic N) is 4. The van der Waals surface area contributed by atoms with E-state index in [1.54, 1.807) is 11.7 Å². The Morgan fingerprint density at radius 3 is 2.33 bits per heavy atom. The van der Waals surface area contributed by atoms with Crippen molar-refractivity contribution < 1.29 is 4.79 Å². The Bertz CT molecular complexity index is 946. The molecule has 1 aromatic heterocycles. The highest BCUT2D eigenvalue weighted by Gasteiger charge is 2.25. The molecule has 3 aromatic rings. The van der Waals surface area contributed by atoms with Crippen molar-refractivity contribution in [2.24, 2.45) is 7.05 Å². The van der Waals surface area contributed by atoms with Gasteiger partial charge in [0.2, 0.25) is 0 Å². The molecule has 2 heterocycles. The fourth-order valence-corrected chi connectivity index (χ4v) is 3.67. The molecule has 5 nitrogen and oxygen atoms in total. The number of halogens is 1. The Balaban J connectivity index is 1.49. The summed E-state index contributed by atoms with van der Waals surface area (Å²) in [6.07, 6.45) is 0. The van der Waals surface area contributed by atoms with Crippen LogP contribution in [0.5, 0.6) is 0 Å². The third-order valence-electron chi connectivity index (χ3n) is 4.94. The smallest absolute Gasteiger partial charge is 0.272 e. The van der Waals surface area contributed by atoms with Gasteiger partial charge in [0.1, 0.15) is 5.69 Å². The van der Waals surface area contributed by atoms with Gasteiger partial charge in [-0.3, -0.25) is 9.48 Å². The van der Waals surface area contributed by atoms with E-state index in [-0.39, 0.29) is 5.91 Å². The molecule has 0 unspecified atom stereocenters. The zero-order valence-electron chi connectivity index (χ0n) is 15.2. The van der Waals surface area contributed by atoms with Crippen molar-refractivity contribution in [3.8, 4) is 11.3 Å². The Morgan fingerprint density at radius 1 is 0.963 bits per heavy atom. The monoisotopic (exact) mass is 380 g/mol. The highest BCUT2D eigenvalue weighted by molar-refractivity contribution is 6.33. The van der Waals surface area contributed by atoms with Crippen molar-refractivity contribution >= 4 is 23.2 Å². The number of hydrogen-bond acceptors (Lipinski definition) is 3. The summed E-state index contributed by atoms with van der Waals surface area (Å²) in [6.45, 7) is 3.04. The molecule has 1 fully saturated rings. The number of benzene rings is 2. The van der Waals surface area contributed by atoms with Crippen molar-refractivity contribution in [3.05, 3.63) is 71.4 Å². The van der Waals surface area contributed by atoms with Gasteiger partial charge < -0.3 is 9.80 Å². The SMILES string of the molecule is Cn1nc(-c2ccccc2Cl)cc1C(=O)N1CCN(c2ccccc2)CC1. The molecule has 6 heteroatoms. The minimum Gasteiger partial charge on any atom is -0.368 e. The van der Waals surface area contributed by atoms with Gasteiger partial charge in [-0.25, -0.2) is 0 Å². The maximum absolute atomic E-state index is 13.0. The predicted octanol–water partition coefficient (Wildman–Crippen LogP) is 3.70. The lowest BCUT2D eigenvalue weighted by molar-refractivity contribution is 0.0735. The van der Waals surface area contributed by atoms with E-state index in [0.717, 1.165) is 24.3 Å². The molecule has 0 radical (unpaired) electrons. The molecule has 1 saturated heterocycles. The first-order chi connectivity index (χ1) is 13.1. The minimum atomic E-state index is 0.0102. The molecule has 0 bridgehead atoms. The van der Waals surface area contributed by atoms with E-state index in [9.17, 15) is 4.79 Å². The van der Waals surface area contributed by atoms with Crippen molar-refractivity contribution in [2.45, 2.75) is 0 Å². The van der Waals surface area contributed by atoms with Gasteiger partial charge >= 0.3 is 0 Å². The molecular formula is C21H21ClN4O. The van der Waals surface area contributed by atoms with Crippen LogP contribution in [-0.2, 0) is 7.05 Å². The molecule has 0 atom stereocenters. The van der Waals surface area contributed by atoms with Gasteiger partial charge in [0, 0.05) is 44.5 Å². The lowest BCUT2D eigenvalue weighted by atomic mass is 10.1. The molecule has 0 saturated carbocycles. The first-order valence-corrected chi connectivity index (χ1v) is 9.39. The second kappa shape index (κ2) is 7.45. The number of amides is 1. The predicted molar refractivity (Wildman–Crippen MR) is 108 cm³/mol. The molecule has 27 heavy (non-hydrogen) atoms. The van der Waals surface area contributed by atoms with Crippen LogP contribution in [0.3, 0.4) is 0 Å². The van der Waals surface area contributed by atoms with E-state index < -0.39 is 0 Å². The lowest BCUT2D eigenvalue weighted by Gasteiger charge is -2.36. The van der Waals surface area contributed by atoms with Crippen LogP contribution in [0.15, 0.2) is 60.7 Å². The number of para-hydroxylation sites is 1. The molecular weight excluding hydrogens is 360 g/mol. The summed E-state index contributed by atoms with van der Waals surface area (Å²) in [5, 5.41) is 5.13. The summed E-state index contributed by atoms with van der Waals surface area (Å²) in [4.78, 5) is 17.2. The Morgan fingerprint density at radius 2 is 1.63 bits per heavy atom. The van der Waals surface area contributed by atoms with Gasteiger partial charge in [-0.05, 0) is 24.3 Å². The molecule has 0 spiro atoms. The Kier molecular flexibility index (Phi) is 4.86. The van der Waals surface area contributed by atoms with Gasteiger partial charge in [-0.1, -0.05) is 48.0 Å². The zero-order valence-corrected chi connectivity index (χ0v) is 15.9. The van der Waals surface area contributed by atoms with Crippen molar-refractivity contribution in [1.82, 2.24) is 14.7 Å². The topological polar surface area (TPSA) is 41.4 Å². The largest absolute Gasteiger partial charge is 0.368 e. The molecule has 1 amide bonds. The fraction of sp³-hybridized carbons (Fsp3) is 0.238. The number of aryl methyl sites for hydroxylation is 1. The van der Waals surface area contributed by atoms with Crippen LogP contribution in [-0.4, -0.2) is 46.8 Å². The molecule has 4 rings (SSSR count). The number of anilines is 1. The molecule has 138 valence electrons. The highest BCUT2D eigenvalue weighted by Crippen LogP contribution is 2.27. The van der Waals surface area contributed by atoms with Crippen molar-refractivity contribution in [1.29, 1.82) is 0 Å². The van der Waals surface area contributed by atoms with Crippen LogP contribution < -0.4 is 4.90 Å². The third kappa shape index (κ3) is 3.55. The molecule has 0 aliphatic carbocycles. The fourth-order valence-electron chi connectivity index (χ4n) is 3.44. The Hall–Kier alpha value is -2.79. The van der Waals surface area contributed by atoms with Crippen molar-refractivity contribution in [3.63, 3.8) is 0 Å². The van der Waals surface area contributed by atoms with E-state index in [4.69, 9.17) is 11.6 Å². The van der Waals surface area contributed by atoms with E-state index in [1.165, 1.54) is 5.69 Å². The standard InChI is InChI=1S/C21H21ClN4O/c1-24-20(15-19(23-24)17-9-5-6-10-18(17)22)21(27)26-13-11-25(12-14-26)16-7-3-2-4-8-16/h2-10,15H,11-14H2,1H3. The lowest BCUT2D eigenvalue weighted by Crippen LogP contribution is -2.49. The number of aromatic nitrogens is 2. The van der Waals surface area contributed by atoms with E-state index in [2.05, 4.69) is 22.1 Å². The summed E-state index contributed by atoms with van der Waals surface area (Å²) in [7, 11) is 1.80. The average molecular weight is 381 g/mol. The zero-order chi connectivity index (χ0) is 18.8. The van der Waals surface area contributed by atoms with Gasteiger partial charge in [0.05, 0.1) is 10.7 Å². The van der Waals surface area contributed by atoms with Gasteiger partial charge in [-0.2, -0.15) is 5.10 Å². The minimum absolute atomic E-state index is 0.0102.